The van der Waals surface area contributed by atoms with Gasteiger partial charge >= 0.3 is 0 Å². The SMILES string of the molecule is CC1=C(C(=O)Nc2cc(C)on2)[C@H](c2ccccc2Cl)NC(=S)N1C. The predicted octanol–water partition coefficient (Wildman–Crippen LogP) is 3.41. The molecule has 6 nitrogen and oxygen atoms in total. The summed E-state index contributed by atoms with van der Waals surface area (Å²) in [6.07, 6.45) is 0. The van der Waals surface area contributed by atoms with E-state index in [4.69, 9.17) is 28.3 Å². The predicted molar refractivity (Wildman–Crippen MR) is 100 cm³/mol. The molecule has 1 atom stereocenters. The molecule has 130 valence electrons. The van der Waals surface area contributed by atoms with Crippen LogP contribution in [0.4, 0.5) is 5.82 Å². The molecule has 0 radical (unpaired) electrons. The number of halogens is 1. The van der Waals surface area contributed by atoms with Gasteiger partial charge in [0.25, 0.3) is 5.91 Å². The maximum absolute atomic E-state index is 12.9. The van der Waals surface area contributed by atoms with Crippen LogP contribution in [-0.4, -0.2) is 28.1 Å². The highest BCUT2D eigenvalue weighted by atomic mass is 35.5. The maximum Gasteiger partial charge on any atom is 0.257 e. The van der Waals surface area contributed by atoms with Crippen molar-refractivity contribution in [2.75, 3.05) is 12.4 Å². The molecule has 1 aromatic heterocycles. The van der Waals surface area contributed by atoms with Crippen LogP contribution in [-0.2, 0) is 4.79 Å². The van der Waals surface area contributed by atoms with Crippen LogP contribution in [0.3, 0.4) is 0 Å². The third-order valence-corrected chi connectivity index (χ3v) is 4.82. The van der Waals surface area contributed by atoms with Crippen molar-refractivity contribution in [1.82, 2.24) is 15.4 Å². The number of rotatable bonds is 3. The molecule has 0 saturated carbocycles. The number of carbonyl (C=O) groups excluding carboxylic acids is 1. The van der Waals surface area contributed by atoms with E-state index in [9.17, 15) is 4.79 Å². The van der Waals surface area contributed by atoms with Gasteiger partial charge in [0.05, 0.1) is 11.6 Å². The van der Waals surface area contributed by atoms with E-state index in [1.807, 2.05) is 25.1 Å². The average Bonchev–Trinajstić information content (AvgIpc) is 2.97. The second-order valence-electron chi connectivity index (χ2n) is 5.74. The molecule has 0 fully saturated rings. The first-order valence-electron chi connectivity index (χ1n) is 7.62. The Balaban J connectivity index is 2.02. The summed E-state index contributed by atoms with van der Waals surface area (Å²) in [4.78, 5) is 14.7. The van der Waals surface area contributed by atoms with Crippen molar-refractivity contribution in [2.45, 2.75) is 19.9 Å². The molecule has 1 aliphatic heterocycles. The van der Waals surface area contributed by atoms with Gasteiger partial charge in [-0.3, -0.25) is 4.79 Å². The number of amides is 1. The molecule has 0 unspecified atom stereocenters. The van der Waals surface area contributed by atoms with Crippen LogP contribution in [0.2, 0.25) is 5.02 Å². The van der Waals surface area contributed by atoms with Gasteiger partial charge in [-0.05, 0) is 37.7 Å². The molecule has 1 amide bonds. The Morgan fingerprint density at radius 2 is 2.12 bits per heavy atom. The van der Waals surface area contributed by atoms with E-state index in [2.05, 4.69) is 15.8 Å². The monoisotopic (exact) mass is 376 g/mol. The highest BCUT2D eigenvalue weighted by Gasteiger charge is 2.33. The van der Waals surface area contributed by atoms with E-state index in [1.165, 1.54) is 0 Å². The van der Waals surface area contributed by atoms with Gasteiger partial charge in [0.15, 0.2) is 10.9 Å². The van der Waals surface area contributed by atoms with Crippen LogP contribution >= 0.6 is 23.8 Å². The second-order valence-corrected chi connectivity index (χ2v) is 6.53. The Hall–Kier alpha value is -2.38. The third kappa shape index (κ3) is 3.38. The van der Waals surface area contributed by atoms with E-state index in [0.717, 1.165) is 11.3 Å². The number of anilines is 1. The number of carbonyl (C=O) groups is 1. The lowest BCUT2D eigenvalue weighted by Crippen LogP contribution is -2.46. The van der Waals surface area contributed by atoms with Crippen LogP contribution in [0.1, 0.15) is 24.3 Å². The number of nitrogens with one attached hydrogen (secondary N) is 2. The number of aryl methyl sites for hydroxylation is 1. The fourth-order valence-electron chi connectivity index (χ4n) is 2.68. The highest BCUT2D eigenvalue weighted by molar-refractivity contribution is 7.80. The zero-order chi connectivity index (χ0) is 18.1. The number of benzene rings is 1. The van der Waals surface area contributed by atoms with Crippen LogP contribution in [0.15, 0.2) is 46.1 Å². The number of hydrogen-bond acceptors (Lipinski definition) is 4. The van der Waals surface area contributed by atoms with Crippen LogP contribution in [0.25, 0.3) is 0 Å². The van der Waals surface area contributed by atoms with Gasteiger partial charge in [-0.25, -0.2) is 0 Å². The molecule has 0 bridgehead atoms. The van der Waals surface area contributed by atoms with Gasteiger partial charge in [0, 0.05) is 23.8 Å². The molecular formula is C17H17ClN4O2S. The van der Waals surface area contributed by atoms with Gasteiger partial charge in [0.2, 0.25) is 0 Å². The van der Waals surface area contributed by atoms with Crippen molar-refractivity contribution in [3.05, 3.63) is 57.9 Å². The summed E-state index contributed by atoms with van der Waals surface area (Å²) in [6, 6.07) is 8.57. The normalized spacial score (nSPS) is 17.5. The first-order valence-corrected chi connectivity index (χ1v) is 8.41. The van der Waals surface area contributed by atoms with Crippen LogP contribution in [0, 0.1) is 6.92 Å². The number of aromatic nitrogens is 1. The Kier molecular flexibility index (Phi) is 4.78. The minimum absolute atomic E-state index is 0.294. The number of thiocarbonyl (C=S) groups is 1. The average molecular weight is 377 g/mol. The standard InChI is InChI=1S/C17H17ClN4O2S/c1-9-8-13(21-24-9)19-16(23)14-10(2)22(3)17(25)20-15(14)11-6-4-5-7-12(11)18/h4-8,15H,1-3H3,(H,20,25)(H,19,21,23)/t15-/m0/s1. The lowest BCUT2D eigenvalue weighted by atomic mass is 9.94. The lowest BCUT2D eigenvalue weighted by Gasteiger charge is -2.36. The van der Waals surface area contributed by atoms with Gasteiger partial charge in [0.1, 0.15) is 5.76 Å². The minimum atomic E-state index is -0.453. The topological polar surface area (TPSA) is 70.4 Å². The number of hydrogen-bond donors (Lipinski definition) is 2. The zero-order valence-electron chi connectivity index (χ0n) is 14.0. The molecule has 2 heterocycles. The van der Waals surface area contributed by atoms with Gasteiger partial charge < -0.3 is 20.1 Å². The Morgan fingerprint density at radius 1 is 1.40 bits per heavy atom. The van der Waals surface area contributed by atoms with Crippen molar-refractivity contribution >= 4 is 40.7 Å². The van der Waals surface area contributed by atoms with E-state index in [-0.39, 0.29) is 5.91 Å². The maximum atomic E-state index is 12.9. The van der Waals surface area contributed by atoms with Gasteiger partial charge in [-0.15, -0.1) is 0 Å². The molecule has 1 aliphatic rings. The van der Waals surface area contributed by atoms with E-state index >= 15 is 0 Å². The molecular weight excluding hydrogens is 360 g/mol. The largest absolute Gasteiger partial charge is 0.360 e. The summed E-state index contributed by atoms with van der Waals surface area (Å²) >= 11 is 11.7. The molecule has 1 aromatic carbocycles. The van der Waals surface area contributed by atoms with Crippen LogP contribution in [0.5, 0.6) is 0 Å². The van der Waals surface area contributed by atoms with Gasteiger partial charge in [-0.1, -0.05) is 35.0 Å². The molecule has 2 aromatic rings. The van der Waals surface area contributed by atoms with Crippen molar-refractivity contribution < 1.29 is 9.32 Å². The summed E-state index contributed by atoms with van der Waals surface area (Å²) in [5, 5.41) is 10.8. The molecule has 25 heavy (non-hydrogen) atoms. The Labute approximate surface area is 155 Å². The Morgan fingerprint density at radius 3 is 2.76 bits per heavy atom. The van der Waals surface area contributed by atoms with E-state index in [0.29, 0.717) is 27.3 Å². The molecule has 3 rings (SSSR count). The molecule has 0 aliphatic carbocycles. The van der Waals surface area contributed by atoms with Crippen molar-refractivity contribution in [3.63, 3.8) is 0 Å². The lowest BCUT2D eigenvalue weighted by molar-refractivity contribution is -0.113. The highest BCUT2D eigenvalue weighted by Crippen LogP contribution is 2.34. The molecule has 2 N–H and O–H groups in total. The summed E-state index contributed by atoms with van der Waals surface area (Å²) in [7, 11) is 1.81. The minimum Gasteiger partial charge on any atom is -0.360 e. The second kappa shape index (κ2) is 6.85. The van der Waals surface area contributed by atoms with Crippen molar-refractivity contribution in [1.29, 1.82) is 0 Å². The molecule has 0 saturated heterocycles. The fourth-order valence-corrected chi connectivity index (χ4v) is 3.18. The summed E-state index contributed by atoms with van der Waals surface area (Å²) in [5.74, 6) is 0.679. The Bertz CT molecular complexity index is 877. The fraction of sp³-hybridized carbons (Fsp3) is 0.235. The summed E-state index contributed by atoms with van der Waals surface area (Å²) < 4.78 is 5.00. The zero-order valence-corrected chi connectivity index (χ0v) is 15.5. The van der Waals surface area contributed by atoms with E-state index in [1.54, 1.807) is 31.0 Å². The quantitative estimate of drug-likeness (QED) is 0.800. The number of allylic oxidation sites excluding steroid dienone is 1. The summed E-state index contributed by atoms with van der Waals surface area (Å²) in [5.41, 5.74) is 2.04. The first-order chi connectivity index (χ1) is 11.9. The number of nitrogens with zero attached hydrogens (tertiary/aromatic N) is 2. The van der Waals surface area contributed by atoms with Crippen molar-refractivity contribution in [3.8, 4) is 0 Å². The molecule has 0 spiro atoms. The first kappa shape index (κ1) is 17.4. The van der Waals surface area contributed by atoms with Crippen LogP contribution < -0.4 is 10.6 Å². The smallest absolute Gasteiger partial charge is 0.257 e. The third-order valence-electron chi connectivity index (χ3n) is 4.08. The van der Waals surface area contributed by atoms with E-state index < -0.39 is 6.04 Å². The molecule has 8 heteroatoms. The summed E-state index contributed by atoms with van der Waals surface area (Å²) in [6.45, 7) is 3.61. The van der Waals surface area contributed by atoms with Crippen molar-refractivity contribution in [2.24, 2.45) is 0 Å². The van der Waals surface area contributed by atoms with Gasteiger partial charge in [-0.2, -0.15) is 0 Å².